The maximum absolute atomic E-state index is 9.28. The second-order valence-electron chi connectivity index (χ2n) is 5.55. The van der Waals surface area contributed by atoms with E-state index in [1.165, 1.54) is 16.7 Å². The van der Waals surface area contributed by atoms with Crippen LogP contribution in [-0.4, -0.2) is 17.7 Å². The maximum Gasteiger partial charge on any atom is 0.115 e. The molecule has 0 bridgehead atoms. The Kier molecular flexibility index (Phi) is 5.59. The quantitative estimate of drug-likeness (QED) is 0.838. The van der Waals surface area contributed by atoms with E-state index in [1.807, 2.05) is 18.2 Å². The Morgan fingerprint density at radius 1 is 1.10 bits per heavy atom. The van der Waals surface area contributed by atoms with Gasteiger partial charge in [0, 0.05) is 12.6 Å². The van der Waals surface area contributed by atoms with Crippen molar-refractivity contribution in [1.82, 2.24) is 5.32 Å². The van der Waals surface area contributed by atoms with E-state index in [0.29, 0.717) is 11.8 Å². The Balaban J connectivity index is 1.82. The topological polar surface area (TPSA) is 32.3 Å². The lowest BCUT2D eigenvalue weighted by atomic mass is 10.1. The number of phenols is 1. The third-order valence-electron chi connectivity index (χ3n) is 3.42. The van der Waals surface area contributed by atoms with E-state index in [4.69, 9.17) is 0 Å². The van der Waals surface area contributed by atoms with Gasteiger partial charge in [-0.2, -0.15) is 0 Å². The van der Waals surface area contributed by atoms with Crippen molar-refractivity contribution < 1.29 is 5.11 Å². The van der Waals surface area contributed by atoms with Gasteiger partial charge in [0.15, 0.2) is 0 Å². The second-order valence-corrected chi connectivity index (χ2v) is 5.55. The standard InChI is InChI=1S/C19H23NO/c1-15(12-17-6-4-3-5-7-17)14-20-16(2)13-18-8-10-19(21)11-9-18/h3-12,16,20-21H,13-14H2,1-2H3/b15-12+. The summed E-state index contributed by atoms with van der Waals surface area (Å²) >= 11 is 0. The summed E-state index contributed by atoms with van der Waals surface area (Å²) in [4.78, 5) is 0. The van der Waals surface area contributed by atoms with Crippen molar-refractivity contribution in [2.75, 3.05) is 6.54 Å². The predicted molar refractivity (Wildman–Crippen MR) is 89.4 cm³/mol. The molecule has 0 aliphatic heterocycles. The van der Waals surface area contributed by atoms with Crippen molar-refractivity contribution in [1.29, 1.82) is 0 Å². The van der Waals surface area contributed by atoms with E-state index >= 15 is 0 Å². The first kappa shape index (κ1) is 15.3. The first-order chi connectivity index (χ1) is 10.1. The molecule has 2 aromatic carbocycles. The highest BCUT2D eigenvalue weighted by molar-refractivity contribution is 5.52. The zero-order chi connectivity index (χ0) is 15.1. The van der Waals surface area contributed by atoms with Gasteiger partial charge in [-0.25, -0.2) is 0 Å². The zero-order valence-electron chi connectivity index (χ0n) is 12.7. The zero-order valence-corrected chi connectivity index (χ0v) is 12.7. The SMILES string of the molecule is C/C(=C\c1ccccc1)CNC(C)Cc1ccc(O)cc1. The van der Waals surface area contributed by atoms with Gasteiger partial charge in [0.2, 0.25) is 0 Å². The van der Waals surface area contributed by atoms with Crippen LogP contribution in [0.25, 0.3) is 6.08 Å². The van der Waals surface area contributed by atoms with Gasteiger partial charge in [-0.3, -0.25) is 0 Å². The monoisotopic (exact) mass is 281 g/mol. The molecule has 0 heterocycles. The second kappa shape index (κ2) is 7.65. The smallest absolute Gasteiger partial charge is 0.115 e. The van der Waals surface area contributed by atoms with Crippen LogP contribution < -0.4 is 5.32 Å². The minimum atomic E-state index is 0.320. The molecule has 0 fully saturated rings. The molecule has 0 spiro atoms. The summed E-state index contributed by atoms with van der Waals surface area (Å²) < 4.78 is 0. The number of nitrogens with one attached hydrogen (secondary N) is 1. The Bertz CT molecular complexity index is 572. The molecule has 2 heteroatoms. The van der Waals surface area contributed by atoms with Crippen molar-refractivity contribution in [2.24, 2.45) is 0 Å². The van der Waals surface area contributed by atoms with E-state index < -0.39 is 0 Å². The minimum absolute atomic E-state index is 0.320. The Morgan fingerprint density at radius 3 is 2.43 bits per heavy atom. The summed E-state index contributed by atoms with van der Waals surface area (Å²) in [5.41, 5.74) is 3.79. The van der Waals surface area contributed by atoms with Gasteiger partial charge in [-0.1, -0.05) is 54.1 Å². The van der Waals surface area contributed by atoms with Crippen LogP contribution >= 0.6 is 0 Å². The molecule has 0 aliphatic rings. The van der Waals surface area contributed by atoms with Gasteiger partial charge in [0.05, 0.1) is 0 Å². The fourth-order valence-corrected chi connectivity index (χ4v) is 2.28. The van der Waals surface area contributed by atoms with Crippen molar-refractivity contribution in [3.05, 3.63) is 71.3 Å². The fourth-order valence-electron chi connectivity index (χ4n) is 2.28. The van der Waals surface area contributed by atoms with Crippen LogP contribution in [-0.2, 0) is 6.42 Å². The molecule has 0 saturated carbocycles. The van der Waals surface area contributed by atoms with Gasteiger partial charge < -0.3 is 10.4 Å². The van der Waals surface area contributed by atoms with Crippen LogP contribution in [0.15, 0.2) is 60.2 Å². The molecule has 21 heavy (non-hydrogen) atoms. The lowest BCUT2D eigenvalue weighted by Gasteiger charge is -2.14. The van der Waals surface area contributed by atoms with E-state index in [1.54, 1.807) is 12.1 Å². The molecule has 1 atom stereocenters. The first-order valence-electron chi connectivity index (χ1n) is 7.37. The number of hydrogen-bond acceptors (Lipinski definition) is 2. The molecular weight excluding hydrogens is 258 g/mol. The van der Waals surface area contributed by atoms with Gasteiger partial charge in [-0.15, -0.1) is 0 Å². The minimum Gasteiger partial charge on any atom is -0.508 e. The number of hydrogen-bond donors (Lipinski definition) is 2. The van der Waals surface area contributed by atoms with E-state index in [-0.39, 0.29) is 0 Å². The molecule has 0 saturated heterocycles. The Morgan fingerprint density at radius 2 is 1.76 bits per heavy atom. The molecule has 0 amide bonds. The van der Waals surface area contributed by atoms with Crippen LogP contribution in [0.1, 0.15) is 25.0 Å². The van der Waals surface area contributed by atoms with Crippen molar-refractivity contribution in [3.63, 3.8) is 0 Å². The normalized spacial score (nSPS) is 13.1. The number of phenolic OH excluding ortho intramolecular Hbond substituents is 1. The summed E-state index contributed by atoms with van der Waals surface area (Å²) in [7, 11) is 0. The van der Waals surface area contributed by atoms with Gasteiger partial charge in [-0.05, 0) is 43.5 Å². The third-order valence-corrected chi connectivity index (χ3v) is 3.42. The summed E-state index contributed by atoms with van der Waals surface area (Å²) in [5.74, 6) is 0.320. The maximum atomic E-state index is 9.28. The molecule has 1 unspecified atom stereocenters. The van der Waals surface area contributed by atoms with Crippen LogP contribution in [0.4, 0.5) is 0 Å². The molecule has 2 aromatic rings. The van der Waals surface area contributed by atoms with Crippen LogP contribution in [0.5, 0.6) is 5.75 Å². The van der Waals surface area contributed by atoms with Gasteiger partial charge >= 0.3 is 0 Å². The molecule has 0 aliphatic carbocycles. The van der Waals surface area contributed by atoms with E-state index in [2.05, 4.69) is 49.5 Å². The number of aromatic hydroxyl groups is 1. The molecule has 2 rings (SSSR count). The molecular formula is C19H23NO. The molecule has 0 aromatic heterocycles. The van der Waals surface area contributed by atoms with Crippen molar-refractivity contribution in [3.8, 4) is 5.75 Å². The number of benzene rings is 2. The van der Waals surface area contributed by atoms with Crippen LogP contribution in [0.3, 0.4) is 0 Å². The number of rotatable bonds is 6. The van der Waals surface area contributed by atoms with E-state index in [0.717, 1.165) is 13.0 Å². The summed E-state index contributed by atoms with van der Waals surface area (Å²) in [6, 6.07) is 18.2. The Hall–Kier alpha value is -2.06. The van der Waals surface area contributed by atoms with Crippen molar-refractivity contribution >= 4 is 6.08 Å². The largest absolute Gasteiger partial charge is 0.508 e. The lowest BCUT2D eigenvalue weighted by Crippen LogP contribution is -2.29. The highest BCUT2D eigenvalue weighted by Gasteiger charge is 2.03. The predicted octanol–water partition coefficient (Wildman–Crippen LogP) is 4.02. The highest BCUT2D eigenvalue weighted by atomic mass is 16.3. The third kappa shape index (κ3) is 5.44. The van der Waals surface area contributed by atoms with E-state index in [9.17, 15) is 5.11 Å². The average molecular weight is 281 g/mol. The Labute approximate surface area is 127 Å². The lowest BCUT2D eigenvalue weighted by molar-refractivity contribution is 0.474. The molecule has 2 nitrogen and oxygen atoms in total. The molecule has 2 N–H and O–H groups in total. The van der Waals surface area contributed by atoms with Crippen molar-refractivity contribution in [2.45, 2.75) is 26.3 Å². The van der Waals surface area contributed by atoms with Gasteiger partial charge in [0.1, 0.15) is 5.75 Å². The fraction of sp³-hybridized carbons (Fsp3) is 0.263. The molecule has 0 radical (unpaired) electrons. The van der Waals surface area contributed by atoms with Crippen LogP contribution in [0.2, 0.25) is 0 Å². The molecule has 110 valence electrons. The highest BCUT2D eigenvalue weighted by Crippen LogP contribution is 2.11. The summed E-state index contributed by atoms with van der Waals surface area (Å²) in [5, 5.41) is 12.8. The van der Waals surface area contributed by atoms with Gasteiger partial charge in [0.25, 0.3) is 0 Å². The average Bonchev–Trinajstić information content (AvgIpc) is 2.49. The first-order valence-corrected chi connectivity index (χ1v) is 7.37. The summed E-state index contributed by atoms with van der Waals surface area (Å²) in [6.45, 7) is 5.21. The summed E-state index contributed by atoms with van der Waals surface area (Å²) in [6.07, 6.45) is 3.17. The van der Waals surface area contributed by atoms with Crippen LogP contribution in [0, 0.1) is 0 Å².